The fourth-order valence-electron chi connectivity index (χ4n) is 4.22. The lowest BCUT2D eigenvalue weighted by Gasteiger charge is -2.36. The predicted molar refractivity (Wildman–Crippen MR) is 96.0 cm³/mol. The minimum absolute atomic E-state index is 0.0293. The molecule has 7 heteroatoms. The minimum Gasteiger partial charge on any atom is -0.388 e. The van der Waals surface area contributed by atoms with Crippen molar-refractivity contribution in [1.82, 2.24) is 10.2 Å². The van der Waals surface area contributed by atoms with Gasteiger partial charge in [0, 0.05) is 19.1 Å². The highest BCUT2D eigenvalue weighted by atomic mass is 19.4. The minimum atomic E-state index is -4.19. The number of halogens is 3. The number of hydrogen-bond acceptors (Lipinski definition) is 2. The Bertz CT molecular complexity index is 615. The molecule has 1 aliphatic carbocycles. The van der Waals surface area contributed by atoms with Crippen LogP contribution < -0.4 is 5.32 Å². The highest BCUT2D eigenvalue weighted by molar-refractivity contribution is 5.74. The molecule has 1 aromatic rings. The zero-order valence-corrected chi connectivity index (χ0v) is 15.3. The summed E-state index contributed by atoms with van der Waals surface area (Å²) in [5.41, 5.74) is 0.876. The van der Waals surface area contributed by atoms with Gasteiger partial charge in [0.1, 0.15) is 0 Å². The van der Waals surface area contributed by atoms with Crippen LogP contribution in [0.25, 0.3) is 0 Å². The second-order valence-corrected chi connectivity index (χ2v) is 7.73. The maximum absolute atomic E-state index is 12.9. The van der Waals surface area contributed by atoms with Gasteiger partial charge in [0.25, 0.3) is 0 Å². The van der Waals surface area contributed by atoms with Crippen molar-refractivity contribution in [3.63, 3.8) is 0 Å². The van der Waals surface area contributed by atoms with E-state index in [2.05, 4.69) is 5.32 Å². The van der Waals surface area contributed by atoms with Crippen molar-refractivity contribution in [3.8, 4) is 0 Å². The zero-order valence-electron chi connectivity index (χ0n) is 15.3. The van der Waals surface area contributed by atoms with E-state index in [0.717, 1.165) is 5.56 Å². The summed E-state index contributed by atoms with van der Waals surface area (Å²) in [6.45, 7) is 1.02. The molecular weight excluding hydrogens is 357 g/mol. The predicted octanol–water partition coefficient (Wildman–Crippen LogP) is 4.26. The first-order chi connectivity index (χ1) is 12.8. The lowest BCUT2D eigenvalue weighted by atomic mass is 9.85. The Kier molecular flexibility index (Phi) is 6.29. The van der Waals surface area contributed by atoms with Gasteiger partial charge in [-0.25, -0.2) is 4.79 Å². The summed E-state index contributed by atoms with van der Waals surface area (Å²) in [6.07, 6.45) is -2.17. The third kappa shape index (κ3) is 5.15. The summed E-state index contributed by atoms with van der Waals surface area (Å²) in [6, 6.07) is 8.77. The molecular formula is C20H27F3N2O2. The van der Waals surface area contributed by atoms with Gasteiger partial charge in [0.2, 0.25) is 0 Å². The average Bonchev–Trinajstić information content (AvgIpc) is 2.68. The number of amides is 2. The number of rotatable bonds is 3. The maximum Gasteiger partial charge on any atom is 0.391 e. The Hall–Kier alpha value is -1.76. The van der Waals surface area contributed by atoms with E-state index in [9.17, 15) is 23.1 Å². The van der Waals surface area contributed by atoms with Crippen LogP contribution >= 0.6 is 0 Å². The Morgan fingerprint density at radius 2 is 1.78 bits per heavy atom. The fraction of sp³-hybridized carbons (Fsp3) is 0.650. The fourth-order valence-corrected chi connectivity index (χ4v) is 4.22. The second-order valence-electron chi connectivity index (χ2n) is 7.73. The number of benzene rings is 1. The Balaban J connectivity index is 1.47. The molecule has 1 aromatic carbocycles. The van der Waals surface area contributed by atoms with Crippen molar-refractivity contribution < 1.29 is 23.1 Å². The van der Waals surface area contributed by atoms with Crippen LogP contribution in [0.3, 0.4) is 0 Å². The average molecular weight is 384 g/mol. The van der Waals surface area contributed by atoms with E-state index in [0.29, 0.717) is 38.8 Å². The molecule has 2 fully saturated rings. The van der Waals surface area contributed by atoms with E-state index in [4.69, 9.17) is 0 Å². The van der Waals surface area contributed by atoms with Gasteiger partial charge in [-0.05, 0) is 43.6 Å². The second kappa shape index (κ2) is 8.50. The largest absolute Gasteiger partial charge is 0.391 e. The summed E-state index contributed by atoms with van der Waals surface area (Å²) in [5.74, 6) is -1.23. The summed E-state index contributed by atoms with van der Waals surface area (Å²) in [5, 5.41) is 13.3. The summed E-state index contributed by atoms with van der Waals surface area (Å²) in [7, 11) is 0. The molecule has 0 aromatic heterocycles. The molecule has 2 amide bonds. The zero-order chi connectivity index (χ0) is 19.4. The van der Waals surface area contributed by atoms with Crippen LogP contribution in [0.15, 0.2) is 30.3 Å². The quantitative estimate of drug-likeness (QED) is 0.818. The number of hydrogen-bond donors (Lipinski definition) is 2. The van der Waals surface area contributed by atoms with Gasteiger partial charge in [-0.2, -0.15) is 13.2 Å². The Morgan fingerprint density at radius 3 is 2.41 bits per heavy atom. The first-order valence-corrected chi connectivity index (χ1v) is 9.69. The highest BCUT2D eigenvalue weighted by Gasteiger charge is 2.42. The number of likely N-dealkylation sites (tertiary alicyclic amines) is 1. The van der Waals surface area contributed by atoms with Gasteiger partial charge in [-0.15, -0.1) is 0 Å². The van der Waals surface area contributed by atoms with Crippen LogP contribution in [0.4, 0.5) is 18.0 Å². The van der Waals surface area contributed by atoms with Crippen molar-refractivity contribution in [1.29, 1.82) is 0 Å². The topological polar surface area (TPSA) is 52.6 Å². The molecule has 150 valence electrons. The summed E-state index contributed by atoms with van der Waals surface area (Å²) >= 11 is 0. The van der Waals surface area contributed by atoms with Crippen LogP contribution in [0.1, 0.15) is 50.2 Å². The number of carbonyl (C=O) groups is 1. The number of aliphatic hydroxyl groups excluding tert-OH is 1. The van der Waals surface area contributed by atoms with Crippen LogP contribution in [-0.4, -0.2) is 41.3 Å². The van der Waals surface area contributed by atoms with Crippen molar-refractivity contribution >= 4 is 6.03 Å². The molecule has 0 radical (unpaired) electrons. The number of aliphatic hydroxyl groups is 1. The Morgan fingerprint density at radius 1 is 1.11 bits per heavy atom. The van der Waals surface area contributed by atoms with Crippen molar-refractivity contribution in [2.75, 3.05) is 13.1 Å². The maximum atomic E-state index is 12.9. The van der Waals surface area contributed by atoms with E-state index < -0.39 is 24.2 Å². The molecule has 3 atom stereocenters. The number of alkyl halides is 3. The van der Waals surface area contributed by atoms with Gasteiger partial charge >= 0.3 is 12.2 Å². The molecule has 2 aliphatic rings. The van der Waals surface area contributed by atoms with E-state index in [-0.39, 0.29) is 24.8 Å². The number of nitrogens with zero attached hydrogens (tertiary/aromatic N) is 1. The number of carbonyl (C=O) groups excluding carboxylic acids is 1. The molecule has 0 bridgehead atoms. The first kappa shape index (κ1) is 20.0. The van der Waals surface area contributed by atoms with E-state index >= 15 is 0 Å². The molecule has 1 heterocycles. The van der Waals surface area contributed by atoms with E-state index in [1.54, 1.807) is 4.90 Å². The summed E-state index contributed by atoms with van der Waals surface area (Å²) in [4.78, 5) is 14.1. The number of nitrogens with one attached hydrogen (secondary N) is 1. The molecule has 0 spiro atoms. The summed E-state index contributed by atoms with van der Waals surface area (Å²) < 4.78 is 38.8. The van der Waals surface area contributed by atoms with Gasteiger partial charge in [-0.1, -0.05) is 36.8 Å². The van der Waals surface area contributed by atoms with Gasteiger partial charge in [0.15, 0.2) is 0 Å². The molecule has 1 aliphatic heterocycles. The molecule has 4 nitrogen and oxygen atoms in total. The number of urea groups is 1. The van der Waals surface area contributed by atoms with E-state index in [1.165, 1.54) is 0 Å². The molecule has 0 unspecified atom stereocenters. The highest BCUT2D eigenvalue weighted by Crippen LogP contribution is 2.37. The third-order valence-electron chi connectivity index (χ3n) is 5.88. The Labute approximate surface area is 157 Å². The van der Waals surface area contributed by atoms with Crippen molar-refractivity contribution in [2.24, 2.45) is 11.8 Å². The van der Waals surface area contributed by atoms with Crippen molar-refractivity contribution in [3.05, 3.63) is 35.9 Å². The van der Waals surface area contributed by atoms with Gasteiger partial charge in [0.05, 0.1) is 12.0 Å². The standard InChI is InChI=1S/C20H27F3N2O2/c21-20(22,23)16-7-4-8-17(13-16)24-19(27)25-11-9-15(10-12-25)18(26)14-5-2-1-3-6-14/h1-3,5-6,15-18,26H,4,7-13H2,(H,24,27)/t16-,17-,18+/m1/s1. The smallest absolute Gasteiger partial charge is 0.388 e. The van der Waals surface area contributed by atoms with Crippen LogP contribution in [-0.2, 0) is 0 Å². The van der Waals surface area contributed by atoms with Crippen LogP contribution in [0, 0.1) is 11.8 Å². The van der Waals surface area contributed by atoms with E-state index in [1.807, 2.05) is 30.3 Å². The van der Waals surface area contributed by atoms with Crippen LogP contribution in [0.2, 0.25) is 0 Å². The van der Waals surface area contributed by atoms with Gasteiger partial charge in [-0.3, -0.25) is 0 Å². The lowest BCUT2D eigenvalue weighted by Crippen LogP contribution is -2.50. The monoisotopic (exact) mass is 384 g/mol. The molecule has 27 heavy (non-hydrogen) atoms. The molecule has 1 saturated heterocycles. The van der Waals surface area contributed by atoms with Crippen molar-refractivity contribution in [2.45, 2.75) is 56.8 Å². The van der Waals surface area contributed by atoms with Gasteiger partial charge < -0.3 is 15.3 Å². The number of piperidine rings is 1. The molecule has 2 N–H and O–H groups in total. The lowest BCUT2D eigenvalue weighted by molar-refractivity contribution is -0.183. The molecule has 1 saturated carbocycles. The SMILES string of the molecule is O=C(N[C@@H]1CCC[C@@H](C(F)(F)F)C1)N1CCC([C@@H](O)c2ccccc2)CC1. The normalized spacial score (nSPS) is 25.9. The molecule has 3 rings (SSSR count). The third-order valence-corrected chi connectivity index (χ3v) is 5.88. The first-order valence-electron chi connectivity index (χ1n) is 9.69. The van der Waals surface area contributed by atoms with Crippen LogP contribution in [0.5, 0.6) is 0 Å².